The minimum Gasteiger partial charge on any atom is -0.496 e. The van der Waals surface area contributed by atoms with E-state index in [1.807, 2.05) is 6.92 Å². The van der Waals surface area contributed by atoms with Crippen molar-refractivity contribution in [1.82, 2.24) is 4.31 Å². The van der Waals surface area contributed by atoms with Gasteiger partial charge in [0.25, 0.3) is 0 Å². The van der Waals surface area contributed by atoms with Gasteiger partial charge in [0.05, 0.1) is 12.4 Å². The summed E-state index contributed by atoms with van der Waals surface area (Å²) in [6.07, 6.45) is 2.86. The van der Waals surface area contributed by atoms with Crippen LogP contribution in [-0.2, 0) is 10.0 Å². The van der Waals surface area contributed by atoms with Crippen molar-refractivity contribution in [2.24, 2.45) is 5.92 Å². The molecule has 0 radical (unpaired) electrons. The fourth-order valence-corrected chi connectivity index (χ4v) is 5.13. The van der Waals surface area contributed by atoms with Gasteiger partial charge in [-0.05, 0) is 30.9 Å². The van der Waals surface area contributed by atoms with Crippen molar-refractivity contribution in [2.45, 2.75) is 25.0 Å². The highest BCUT2D eigenvalue weighted by molar-refractivity contribution is 7.90. The summed E-state index contributed by atoms with van der Waals surface area (Å²) in [5.74, 6) is -0.279. The molecule has 3 rings (SSSR count). The molecule has 1 aromatic rings. The molecule has 0 amide bonds. The van der Waals surface area contributed by atoms with Crippen molar-refractivity contribution in [3.05, 3.63) is 47.9 Å². The largest absolute Gasteiger partial charge is 0.496 e. The van der Waals surface area contributed by atoms with Crippen LogP contribution in [0.25, 0.3) is 5.57 Å². The number of sulfonamides is 1. The van der Waals surface area contributed by atoms with Gasteiger partial charge in [0.1, 0.15) is 17.4 Å². The summed E-state index contributed by atoms with van der Waals surface area (Å²) in [5, 5.41) is 7.68. The molecule has 1 saturated carbocycles. The Morgan fingerprint density at radius 2 is 2.08 bits per heavy atom. The number of hydrogen-bond acceptors (Lipinski definition) is 4. The third-order valence-corrected chi connectivity index (χ3v) is 7.03. The summed E-state index contributed by atoms with van der Waals surface area (Å²) in [7, 11) is -2.24. The normalized spacial score (nSPS) is 24.0. The molecule has 24 heavy (non-hydrogen) atoms. The number of ether oxygens (including phenoxy) is 1. The molecule has 128 valence electrons. The molecule has 0 aromatic heterocycles. The second-order valence-corrected chi connectivity index (χ2v) is 8.18. The Labute approximate surface area is 141 Å². The van der Waals surface area contributed by atoms with Crippen LogP contribution in [0.1, 0.15) is 25.3 Å². The van der Waals surface area contributed by atoms with Crippen LogP contribution in [0.2, 0.25) is 0 Å². The molecule has 0 bridgehead atoms. The molecular formula is C17H19FN2O3S. The van der Waals surface area contributed by atoms with E-state index >= 15 is 0 Å². The lowest BCUT2D eigenvalue weighted by Crippen LogP contribution is -2.45. The Morgan fingerprint density at radius 1 is 1.38 bits per heavy atom. The third kappa shape index (κ3) is 2.43. The van der Waals surface area contributed by atoms with Gasteiger partial charge in [0, 0.05) is 29.0 Å². The predicted molar refractivity (Wildman–Crippen MR) is 90.7 cm³/mol. The summed E-state index contributed by atoms with van der Waals surface area (Å²) < 4.78 is 45.1. The molecule has 1 aliphatic heterocycles. The van der Waals surface area contributed by atoms with Gasteiger partial charge < -0.3 is 4.74 Å². The zero-order valence-corrected chi connectivity index (χ0v) is 14.4. The second kappa shape index (κ2) is 5.73. The molecule has 1 heterocycles. The average molecular weight is 350 g/mol. The molecule has 1 unspecified atom stereocenters. The van der Waals surface area contributed by atoms with Crippen LogP contribution < -0.4 is 4.74 Å². The van der Waals surface area contributed by atoms with Gasteiger partial charge in [-0.25, -0.2) is 17.1 Å². The monoisotopic (exact) mass is 350 g/mol. The smallest absolute Gasteiger partial charge is 0.243 e. The Bertz CT molecular complexity index is 861. The van der Waals surface area contributed by atoms with Gasteiger partial charge in [-0.15, -0.1) is 0 Å². The molecular weight excluding hydrogens is 331 g/mol. The van der Waals surface area contributed by atoms with Crippen LogP contribution >= 0.6 is 0 Å². The van der Waals surface area contributed by atoms with Crippen molar-refractivity contribution in [1.29, 1.82) is 5.41 Å². The first-order valence-corrected chi connectivity index (χ1v) is 9.15. The van der Waals surface area contributed by atoms with E-state index in [-0.39, 0.29) is 23.1 Å². The number of methoxy groups -OCH3 is 1. The number of benzene rings is 1. The summed E-state index contributed by atoms with van der Waals surface area (Å²) >= 11 is 0. The molecule has 1 aliphatic carbocycles. The van der Waals surface area contributed by atoms with E-state index in [0.717, 1.165) is 10.7 Å². The number of nitrogens with one attached hydrogen (secondary N) is 1. The first-order valence-electron chi connectivity index (χ1n) is 7.64. The summed E-state index contributed by atoms with van der Waals surface area (Å²) in [6.45, 7) is 5.73. The highest BCUT2D eigenvalue weighted by Gasteiger charge is 2.44. The van der Waals surface area contributed by atoms with Crippen LogP contribution in [0.3, 0.4) is 0 Å². The standard InChI is InChI=1S/C17H19FN2O3S/c1-10-4-7-16(10)24(21,22)20-9-14(11(2)17(20)19)13-6-5-12(18)8-15(13)23-3/h5-6,8-10,16,19H,2,4,7H2,1,3H3/t10-,16?/m0/s1. The second-order valence-electron chi connectivity index (χ2n) is 6.15. The average Bonchev–Trinajstić information content (AvgIpc) is 2.82. The molecule has 7 heteroatoms. The predicted octanol–water partition coefficient (Wildman–Crippen LogP) is 3.15. The Hall–Kier alpha value is -2.15. The maximum absolute atomic E-state index is 13.4. The van der Waals surface area contributed by atoms with Crippen LogP contribution in [0.4, 0.5) is 4.39 Å². The maximum Gasteiger partial charge on any atom is 0.243 e. The number of halogens is 1. The van der Waals surface area contributed by atoms with Crippen molar-refractivity contribution in [2.75, 3.05) is 7.11 Å². The number of rotatable bonds is 4. The number of hydrogen-bond donors (Lipinski definition) is 1. The van der Waals surface area contributed by atoms with E-state index < -0.39 is 21.1 Å². The van der Waals surface area contributed by atoms with Crippen LogP contribution in [0.15, 0.2) is 36.6 Å². The van der Waals surface area contributed by atoms with Gasteiger partial charge in [0.2, 0.25) is 10.0 Å². The van der Waals surface area contributed by atoms with Crippen molar-refractivity contribution >= 4 is 21.4 Å². The molecule has 1 fully saturated rings. The topological polar surface area (TPSA) is 70.5 Å². The molecule has 0 spiro atoms. The zero-order valence-electron chi connectivity index (χ0n) is 13.5. The van der Waals surface area contributed by atoms with Gasteiger partial charge in [-0.2, -0.15) is 0 Å². The fourth-order valence-electron chi connectivity index (χ4n) is 3.07. The molecule has 2 aliphatic rings. The van der Waals surface area contributed by atoms with E-state index in [1.54, 1.807) is 0 Å². The Kier molecular flexibility index (Phi) is 3.99. The van der Waals surface area contributed by atoms with Gasteiger partial charge in [-0.3, -0.25) is 5.41 Å². The number of nitrogens with zero attached hydrogens (tertiary/aromatic N) is 1. The van der Waals surface area contributed by atoms with Crippen molar-refractivity contribution in [3.63, 3.8) is 0 Å². The van der Waals surface area contributed by atoms with E-state index in [0.29, 0.717) is 17.6 Å². The molecule has 1 aromatic carbocycles. The SMILES string of the molecule is C=C1C(=N)N(S(=O)(=O)C2CC[C@@H]2C)C=C1c1ccc(F)cc1OC. The highest BCUT2D eigenvalue weighted by Crippen LogP contribution is 2.41. The number of amidine groups is 1. The minimum atomic E-state index is -3.65. The first kappa shape index (κ1) is 16.7. The lowest BCUT2D eigenvalue weighted by Gasteiger charge is -2.35. The summed E-state index contributed by atoms with van der Waals surface area (Å²) in [6, 6.07) is 3.99. The lowest BCUT2D eigenvalue weighted by molar-refractivity contribution is 0.337. The van der Waals surface area contributed by atoms with E-state index in [9.17, 15) is 12.8 Å². The van der Waals surface area contributed by atoms with Crippen LogP contribution in [-0.4, -0.2) is 30.9 Å². The molecule has 0 saturated heterocycles. The zero-order chi connectivity index (χ0) is 17.6. The Balaban J connectivity index is 2.04. The molecule has 5 nitrogen and oxygen atoms in total. The van der Waals surface area contributed by atoms with Crippen LogP contribution in [0, 0.1) is 17.1 Å². The summed E-state index contributed by atoms with van der Waals surface area (Å²) in [4.78, 5) is 0. The van der Waals surface area contributed by atoms with Crippen molar-refractivity contribution < 1.29 is 17.5 Å². The quantitative estimate of drug-likeness (QED) is 0.907. The fraction of sp³-hybridized carbons (Fsp3) is 0.353. The third-order valence-electron chi connectivity index (χ3n) is 4.73. The lowest BCUT2D eigenvalue weighted by atomic mass is 9.87. The van der Waals surface area contributed by atoms with E-state index in [1.165, 1.54) is 31.5 Å². The highest BCUT2D eigenvalue weighted by atomic mass is 32.2. The summed E-state index contributed by atoms with van der Waals surface area (Å²) in [5.41, 5.74) is 1.23. The van der Waals surface area contributed by atoms with Gasteiger partial charge >= 0.3 is 0 Å². The minimum absolute atomic E-state index is 0.0777. The molecule has 2 atom stereocenters. The molecule has 1 N–H and O–H groups in total. The van der Waals surface area contributed by atoms with E-state index in [4.69, 9.17) is 10.1 Å². The van der Waals surface area contributed by atoms with Gasteiger partial charge in [-0.1, -0.05) is 13.5 Å². The first-order chi connectivity index (χ1) is 11.3. The van der Waals surface area contributed by atoms with Gasteiger partial charge in [0.15, 0.2) is 0 Å². The van der Waals surface area contributed by atoms with Crippen molar-refractivity contribution in [3.8, 4) is 5.75 Å². The van der Waals surface area contributed by atoms with E-state index in [2.05, 4.69) is 6.58 Å². The Morgan fingerprint density at radius 3 is 2.62 bits per heavy atom. The van der Waals surface area contributed by atoms with Crippen LogP contribution in [0.5, 0.6) is 5.75 Å². The maximum atomic E-state index is 13.4.